The summed E-state index contributed by atoms with van der Waals surface area (Å²) in [6, 6.07) is 0. The van der Waals surface area contributed by atoms with Gasteiger partial charge in [0, 0.05) is 19.1 Å². The first-order chi connectivity index (χ1) is 7.17. The molecule has 5 nitrogen and oxygen atoms in total. The van der Waals surface area contributed by atoms with Crippen molar-refractivity contribution in [1.82, 2.24) is 4.98 Å². The summed E-state index contributed by atoms with van der Waals surface area (Å²) in [7, 11) is 3.13. The average Bonchev–Trinajstić information content (AvgIpc) is 2.48. The first kappa shape index (κ1) is 12.1. The molecule has 1 aromatic rings. The van der Waals surface area contributed by atoms with Crippen LogP contribution in [0.4, 0.5) is 0 Å². The Hall–Kier alpha value is -0.980. The van der Waals surface area contributed by atoms with Crippen LogP contribution in [0.2, 0.25) is 0 Å². The standard InChI is InChI=1S/C9H13NO4S/c1-13-4-6-7(3-9(11)12)15-8(10-6)5-14-2/h3-5H2,1-2H3,(H,11,12). The summed E-state index contributed by atoms with van der Waals surface area (Å²) in [5.41, 5.74) is 0.692. The fourth-order valence-corrected chi connectivity index (χ4v) is 2.18. The van der Waals surface area contributed by atoms with Gasteiger partial charge >= 0.3 is 5.97 Å². The molecule has 84 valence electrons. The first-order valence-corrected chi connectivity index (χ1v) is 5.16. The summed E-state index contributed by atoms with van der Waals surface area (Å²) in [5.74, 6) is -0.861. The molecule has 1 rings (SSSR count). The third kappa shape index (κ3) is 3.58. The molecule has 0 bridgehead atoms. The lowest BCUT2D eigenvalue weighted by atomic mass is 10.3. The minimum absolute atomic E-state index is 0.0138. The number of thiazole rings is 1. The van der Waals surface area contributed by atoms with Gasteiger partial charge in [-0.25, -0.2) is 4.98 Å². The number of rotatable bonds is 6. The van der Waals surface area contributed by atoms with Crippen LogP contribution in [-0.2, 0) is 33.9 Å². The van der Waals surface area contributed by atoms with Crippen molar-refractivity contribution in [2.24, 2.45) is 0 Å². The Morgan fingerprint density at radius 2 is 2.07 bits per heavy atom. The number of ether oxygens (including phenoxy) is 2. The molecule has 0 amide bonds. The molecule has 0 atom stereocenters. The molecular weight excluding hydrogens is 218 g/mol. The lowest BCUT2D eigenvalue weighted by Gasteiger charge is -1.96. The summed E-state index contributed by atoms with van der Waals surface area (Å²) in [6.07, 6.45) is -0.0138. The molecule has 1 heterocycles. The Morgan fingerprint density at radius 1 is 1.40 bits per heavy atom. The van der Waals surface area contributed by atoms with E-state index >= 15 is 0 Å². The maximum atomic E-state index is 10.6. The van der Waals surface area contributed by atoms with E-state index in [1.165, 1.54) is 11.3 Å². The molecule has 6 heteroatoms. The number of carbonyl (C=O) groups is 1. The van der Waals surface area contributed by atoms with Gasteiger partial charge in [0.2, 0.25) is 0 Å². The van der Waals surface area contributed by atoms with Gasteiger partial charge in [-0.05, 0) is 0 Å². The second-order valence-corrected chi connectivity index (χ2v) is 4.08. The molecule has 0 spiro atoms. The number of aromatic nitrogens is 1. The van der Waals surface area contributed by atoms with Crippen molar-refractivity contribution in [2.45, 2.75) is 19.6 Å². The molecule has 0 aliphatic heterocycles. The van der Waals surface area contributed by atoms with E-state index in [0.29, 0.717) is 18.9 Å². The van der Waals surface area contributed by atoms with E-state index in [1.54, 1.807) is 14.2 Å². The normalized spacial score (nSPS) is 10.5. The maximum Gasteiger partial charge on any atom is 0.308 e. The molecule has 0 saturated heterocycles. The molecule has 0 aromatic carbocycles. The molecular formula is C9H13NO4S. The van der Waals surface area contributed by atoms with Crippen molar-refractivity contribution >= 4 is 17.3 Å². The molecule has 0 saturated carbocycles. The summed E-state index contributed by atoms with van der Waals surface area (Å²) in [4.78, 5) is 15.6. The fraction of sp³-hybridized carbons (Fsp3) is 0.556. The second-order valence-electron chi connectivity index (χ2n) is 2.91. The summed E-state index contributed by atoms with van der Waals surface area (Å²) in [5, 5.41) is 9.48. The zero-order valence-electron chi connectivity index (χ0n) is 8.65. The van der Waals surface area contributed by atoms with E-state index in [9.17, 15) is 4.79 Å². The zero-order valence-corrected chi connectivity index (χ0v) is 9.47. The van der Waals surface area contributed by atoms with Crippen molar-refractivity contribution < 1.29 is 19.4 Å². The van der Waals surface area contributed by atoms with Gasteiger partial charge in [0.15, 0.2) is 0 Å². The van der Waals surface area contributed by atoms with E-state index < -0.39 is 5.97 Å². The Morgan fingerprint density at radius 3 is 2.60 bits per heavy atom. The minimum Gasteiger partial charge on any atom is -0.481 e. The van der Waals surface area contributed by atoms with Gasteiger partial charge in [-0.15, -0.1) is 11.3 Å². The Balaban J connectivity index is 2.84. The van der Waals surface area contributed by atoms with Crippen LogP contribution in [0, 0.1) is 0 Å². The maximum absolute atomic E-state index is 10.6. The Bertz CT molecular complexity index is 337. The first-order valence-electron chi connectivity index (χ1n) is 4.34. The third-order valence-corrected chi connectivity index (χ3v) is 2.75. The van der Waals surface area contributed by atoms with Crippen LogP contribution in [0.3, 0.4) is 0 Å². The quantitative estimate of drug-likeness (QED) is 0.793. The van der Waals surface area contributed by atoms with Gasteiger partial charge in [0.1, 0.15) is 5.01 Å². The van der Waals surface area contributed by atoms with Crippen molar-refractivity contribution in [1.29, 1.82) is 0 Å². The van der Waals surface area contributed by atoms with Crippen LogP contribution < -0.4 is 0 Å². The summed E-state index contributed by atoms with van der Waals surface area (Å²) >= 11 is 1.36. The molecule has 0 unspecified atom stereocenters. The van der Waals surface area contributed by atoms with Crippen LogP contribution in [-0.4, -0.2) is 30.3 Å². The van der Waals surface area contributed by atoms with E-state index in [1.807, 2.05) is 0 Å². The molecule has 0 fully saturated rings. The molecule has 0 radical (unpaired) electrons. The van der Waals surface area contributed by atoms with Gasteiger partial charge < -0.3 is 14.6 Å². The van der Waals surface area contributed by atoms with E-state index in [4.69, 9.17) is 14.6 Å². The van der Waals surface area contributed by atoms with E-state index in [-0.39, 0.29) is 6.42 Å². The van der Waals surface area contributed by atoms with Crippen LogP contribution in [0.15, 0.2) is 0 Å². The average molecular weight is 231 g/mol. The van der Waals surface area contributed by atoms with Gasteiger partial charge in [0.05, 0.1) is 25.3 Å². The van der Waals surface area contributed by atoms with Gasteiger partial charge in [-0.1, -0.05) is 0 Å². The topological polar surface area (TPSA) is 68.7 Å². The number of hydrogen-bond acceptors (Lipinski definition) is 5. The summed E-state index contributed by atoms with van der Waals surface area (Å²) in [6.45, 7) is 0.740. The lowest BCUT2D eigenvalue weighted by Crippen LogP contribution is -2.01. The number of methoxy groups -OCH3 is 2. The Labute approximate surface area is 91.7 Å². The summed E-state index contributed by atoms with van der Waals surface area (Å²) < 4.78 is 9.89. The molecule has 0 aliphatic rings. The smallest absolute Gasteiger partial charge is 0.308 e. The van der Waals surface area contributed by atoms with Crippen LogP contribution in [0.5, 0.6) is 0 Å². The largest absolute Gasteiger partial charge is 0.481 e. The van der Waals surface area contributed by atoms with Crippen molar-refractivity contribution in [2.75, 3.05) is 14.2 Å². The Kier molecular flexibility index (Phi) is 4.67. The highest BCUT2D eigenvalue weighted by Crippen LogP contribution is 2.20. The van der Waals surface area contributed by atoms with Gasteiger partial charge in [-0.2, -0.15) is 0 Å². The lowest BCUT2D eigenvalue weighted by molar-refractivity contribution is -0.136. The van der Waals surface area contributed by atoms with Gasteiger partial charge in [0.25, 0.3) is 0 Å². The van der Waals surface area contributed by atoms with Crippen molar-refractivity contribution in [3.63, 3.8) is 0 Å². The number of carboxylic acid groups (broad SMARTS) is 1. The fourth-order valence-electron chi connectivity index (χ4n) is 1.15. The number of aliphatic carboxylic acids is 1. The van der Waals surface area contributed by atoms with Crippen LogP contribution in [0.1, 0.15) is 15.6 Å². The highest BCUT2D eigenvalue weighted by molar-refractivity contribution is 7.11. The number of carboxylic acids is 1. The highest BCUT2D eigenvalue weighted by Gasteiger charge is 2.13. The minimum atomic E-state index is -0.861. The van der Waals surface area contributed by atoms with Crippen LogP contribution in [0.25, 0.3) is 0 Å². The van der Waals surface area contributed by atoms with E-state index in [2.05, 4.69) is 4.98 Å². The van der Waals surface area contributed by atoms with Crippen molar-refractivity contribution in [3.05, 3.63) is 15.6 Å². The number of nitrogens with zero attached hydrogens (tertiary/aromatic N) is 1. The zero-order chi connectivity index (χ0) is 11.3. The predicted molar refractivity (Wildman–Crippen MR) is 54.9 cm³/mol. The predicted octanol–water partition coefficient (Wildman–Crippen LogP) is 1.06. The molecule has 1 N–H and O–H groups in total. The highest BCUT2D eigenvalue weighted by atomic mass is 32.1. The van der Waals surface area contributed by atoms with Crippen LogP contribution >= 0.6 is 11.3 Å². The monoisotopic (exact) mass is 231 g/mol. The number of hydrogen-bond donors (Lipinski definition) is 1. The molecule has 15 heavy (non-hydrogen) atoms. The second kappa shape index (κ2) is 5.79. The van der Waals surface area contributed by atoms with Gasteiger partial charge in [-0.3, -0.25) is 4.79 Å². The third-order valence-electron chi connectivity index (χ3n) is 1.68. The molecule has 1 aromatic heterocycles. The molecule has 0 aliphatic carbocycles. The van der Waals surface area contributed by atoms with Crippen molar-refractivity contribution in [3.8, 4) is 0 Å². The SMILES string of the molecule is COCc1nc(COC)c(CC(=O)O)s1. The van der Waals surface area contributed by atoms with E-state index in [0.717, 1.165) is 9.88 Å².